The minimum atomic E-state index is -0.0144. The smallest absolute Gasteiger partial charge is 0.251 e. The molecular formula is C12H16N2O. The van der Waals surface area contributed by atoms with Gasteiger partial charge in [0.05, 0.1) is 0 Å². The van der Waals surface area contributed by atoms with Gasteiger partial charge in [-0.3, -0.25) is 4.79 Å². The van der Waals surface area contributed by atoms with Crippen molar-refractivity contribution < 1.29 is 4.79 Å². The Kier molecular flexibility index (Phi) is 2.62. The van der Waals surface area contributed by atoms with Gasteiger partial charge < -0.3 is 11.1 Å². The van der Waals surface area contributed by atoms with Crippen LogP contribution in [0, 0.1) is 0 Å². The number of hydrogen-bond acceptors (Lipinski definition) is 2. The zero-order valence-corrected chi connectivity index (χ0v) is 8.92. The molecule has 1 saturated carbocycles. The highest BCUT2D eigenvalue weighted by atomic mass is 16.1. The lowest BCUT2D eigenvalue weighted by Crippen LogP contribution is -2.22. The van der Waals surface area contributed by atoms with Crippen LogP contribution in [0.5, 0.6) is 0 Å². The van der Waals surface area contributed by atoms with E-state index in [1.165, 1.54) is 12.8 Å². The van der Waals surface area contributed by atoms with E-state index >= 15 is 0 Å². The molecule has 3 nitrogen and oxygen atoms in total. The number of carbonyl (C=O) groups is 1. The zero-order valence-electron chi connectivity index (χ0n) is 8.92. The van der Waals surface area contributed by atoms with Gasteiger partial charge in [-0.2, -0.15) is 0 Å². The van der Waals surface area contributed by atoms with Crippen molar-refractivity contribution in [2.45, 2.75) is 25.7 Å². The van der Waals surface area contributed by atoms with E-state index in [2.05, 4.69) is 5.32 Å². The monoisotopic (exact) mass is 204 g/mol. The predicted molar refractivity (Wildman–Crippen MR) is 60.8 cm³/mol. The number of nitrogens with two attached hydrogens (primary N) is 1. The fraction of sp³-hybridized carbons (Fsp3) is 0.417. The topological polar surface area (TPSA) is 55.1 Å². The van der Waals surface area contributed by atoms with Crippen molar-refractivity contribution in [3.05, 3.63) is 29.3 Å². The predicted octanol–water partition coefficient (Wildman–Crippen LogP) is 1.90. The lowest BCUT2D eigenvalue weighted by Gasteiger charge is -2.07. The molecule has 0 bridgehead atoms. The van der Waals surface area contributed by atoms with E-state index < -0.39 is 0 Å². The Labute approximate surface area is 89.7 Å². The van der Waals surface area contributed by atoms with Gasteiger partial charge in [-0.15, -0.1) is 0 Å². The summed E-state index contributed by atoms with van der Waals surface area (Å²) in [5, 5.41) is 2.79. The van der Waals surface area contributed by atoms with Crippen LogP contribution in [0.4, 0.5) is 5.69 Å². The molecule has 3 heteroatoms. The average molecular weight is 204 g/mol. The highest BCUT2D eigenvalue weighted by Crippen LogP contribution is 2.42. The number of benzene rings is 1. The second kappa shape index (κ2) is 3.93. The Morgan fingerprint density at radius 2 is 2.27 bits per heavy atom. The third-order valence-corrected chi connectivity index (χ3v) is 2.70. The van der Waals surface area contributed by atoms with Gasteiger partial charge in [-0.25, -0.2) is 0 Å². The Morgan fingerprint density at radius 3 is 2.87 bits per heavy atom. The number of rotatable bonds is 3. The second-order valence-electron chi connectivity index (χ2n) is 3.98. The maximum atomic E-state index is 11.6. The molecule has 1 amide bonds. The standard InChI is InChI=1S/C12H16N2O/c1-2-14-12(15)9-5-6-11(13)10(7-9)8-3-4-8/h5-8H,2-4,13H2,1H3,(H,14,15). The van der Waals surface area contributed by atoms with E-state index in [0.717, 1.165) is 11.3 Å². The van der Waals surface area contributed by atoms with Crippen LogP contribution in [0.15, 0.2) is 18.2 Å². The molecule has 0 aliphatic heterocycles. The van der Waals surface area contributed by atoms with E-state index in [1.54, 1.807) is 6.07 Å². The molecule has 0 heterocycles. The van der Waals surface area contributed by atoms with Gasteiger partial charge in [0.25, 0.3) is 5.91 Å². The van der Waals surface area contributed by atoms with Crippen LogP contribution in [-0.2, 0) is 0 Å². The third kappa shape index (κ3) is 2.12. The van der Waals surface area contributed by atoms with Crippen molar-refractivity contribution >= 4 is 11.6 Å². The summed E-state index contributed by atoms with van der Waals surface area (Å²) in [6.45, 7) is 2.57. The first-order valence-corrected chi connectivity index (χ1v) is 5.40. The molecule has 0 atom stereocenters. The normalized spacial score (nSPS) is 15.0. The molecule has 0 unspecified atom stereocenters. The number of amides is 1. The molecule has 0 saturated heterocycles. The summed E-state index contributed by atoms with van der Waals surface area (Å²) in [6.07, 6.45) is 2.39. The Hall–Kier alpha value is -1.51. The summed E-state index contributed by atoms with van der Waals surface area (Å²) in [7, 11) is 0. The average Bonchev–Trinajstić information content (AvgIpc) is 3.02. The summed E-state index contributed by atoms with van der Waals surface area (Å²) < 4.78 is 0. The maximum absolute atomic E-state index is 11.6. The van der Waals surface area contributed by atoms with Crippen LogP contribution < -0.4 is 11.1 Å². The van der Waals surface area contributed by atoms with Crippen LogP contribution in [0.1, 0.15) is 41.6 Å². The Morgan fingerprint density at radius 1 is 1.53 bits per heavy atom. The molecule has 3 N–H and O–H groups in total. The van der Waals surface area contributed by atoms with E-state index in [1.807, 2.05) is 19.1 Å². The number of hydrogen-bond donors (Lipinski definition) is 2. The third-order valence-electron chi connectivity index (χ3n) is 2.70. The maximum Gasteiger partial charge on any atom is 0.251 e. The van der Waals surface area contributed by atoms with Crippen molar-refractivity contribution in [3.8, 4) is 0 Å². The van der Waals surface area contributed by atoms with Crippen LogP contribution in [-0.4, -0.2) is 12.5 Å². The summed E-state index contributed by atoms with van der Waals surface area (Å²) in [5.74, 6) is 0.568. The van der Waals surface area contributed by atoms with Crippen molar-refractivity contribution in [3.63, 3.8) is 0 Å². The Bertz CT molecular complexity index is 383. The molecule has 1 aromatic carbocycles. The van der Waals surface area contributed by atoms with Crippen molar-refractivity contribution in [1.82, 2.24) is 5.32 Å². The van der Waals surface area contributed by atoms with Crippen LogP contribution in [0.3, 0.4) is 0 Å². The Balaban J connectivity index is 2.25. The fourth-order valence-corrected chi connectivity index (χ4v) is 1.73. The van der Waals surface area contributed by atoms with Crippen LogP contribution in [0.2, 0.25) is 0 Å². The lowest BCUT2D eigenvalue weighted by molar-refractivity contribution is 0.0956. The summed E-state index contributed by atoms with van der Waals surface area (Å²) in [5.41, 5.74) is 8.54. The van der Waals surface area contributed by atoms with Gasteiger partial charge in [0.15, 0.2) is 0 Å². The van der Waals surface area contributed by atoms with Crippen LogP contribution in [0.25, 0.3) is 0 Å². The molecular weight excluding hydrogens is 188 g/mol. The first-order valence-electron chi connectivity index (χ1n) is 5.40. The first kappa shape index (κ1) is 10.0. The molecule has 15 heavy (non-hydrogen) atoms. The van der Waals surface area contributed by atoms with Gasteiger partial charge in [-0.1, -0.05) is 0 Å². The summed E-state index contributed by atoms with van der Waals surface area (Å²) >= 11 is 0. The highest BCUT2D eigenvalue weighted by molar-refractivity contribution is 5.94. The molecule has 0 aromatic heterocycles. The molecule has 2 rings (SSSR count). The van der Waals surface area contributed by atoms with Crippen molar-refractivity contribution in [2.75, 3.05) is 12.3 Å². The van der Waals surface area contributed by atoms with Gasteiger partial charge >= 0.3 is 0 Å². The van der Waals surface area contributed by atoms with Gasteiger partial charge in [-0.05, 0) is 49.4 Å². The number of carbonyl (C=O) groups excluding carboxylic acids is 1. The van der Waals surface area contributed by atoms with E-state index in [-0.39, 0.29) is 5.91 Å². The van der Waals surface area contributed by atoms with Gasteiger partial charge in [0, 0.05) is 17.8 Å². The molecule has 0 radical (unpaired) electrons. The summed E-state index contributed by atoms with van der Waals surface area (Å²) in [4.78, 5) is 11.6. The van der Waals surface area contributed by atoms with Gasteiger partial charge in [0.1, 0.15) is 0 Å². The van der Waals surface area contributed by atoms with E-state index in [9.17, 15) is 4.79 Å². The molecule has 1 aliphatic carbocycles. The zero-order chi connectivity index (χ0) is 10.8. The molecule has 80 valence electrons. The van der Waals surface area contributed by atoms with Crippen molar-refractivity contribution in [2.24, 2.45) is 0 Å². The molecule has 0 spiro atoms. The number of anilines is 1. The lowest BCUT2D eigenvalue weighted by atomic mass is 10.0. The minimum Gasteiger partial charge on any atom is -0.398 e. The van der Waals surface area contributed by atoms with Gasteiger partial charge in [0.2, 0.25) is 0 Å². The quantitative estimate of drug-likeness (QED) is 0.739. The first-order chi connectivity index (χ1) is 7.22. The minimum absolute atomic E-state index is 0.0144. The number of nitrogens with one attached hydrogen (secondary N) is 1. The van der Waals surface area contributed by atoms with E-state index in [0.29, 0.717) is 18.0 Å². The summed E-state index contributed by atoms with van der Waals surface area (Å²) in [6, 6.07) is 5.54. The molecule has 1 aromatic rings. The fourth-order valence-electron chi connectivity index (χ4n) is 1.73. The SMILES string of the molecule is CCNC(=O)c1ccc(N)c(C2CC2)c1. The van der Waals surface area contributed by atoms with Crippen molar-refractivity contribution in [1.29, 1.82) is 0 Å². The highest BCUT2D eigenvalue weighted by Gasteiger charge is 2.26. The largest absolute Gasteiger partial charge is 0.398 e. The van der Waals surface area contributed by atoms with E-state index in [4.69, 9.17) is 5.73 Å². The second-order valence-corrected chi connectivity index (χ2v) is 3.98. The van der Waals surface area contributed by atoms with Crippen LogP contribution >= 0.6 is 0 Å². The number of nitrogen functional groups attached to an aromatic ring is 1. The molecule has 1 fully saturated rings. The molecule has 1 aliphatic rings.